The van der Waals surface area contributed by atoms with Gasteiger partial charge in [-0.2, -0.15) is 0 Å². The zero-order valence-corrected chi connectivity index (χ0v) is 38.6. The van der Waals surface area contributed by atoms with Crippen molar-refractivity contribution in [3.8, 4) is 0 Å². The molecule has 28 aromatic rings. The number of esters is 2. The second-order valence-electron chi connectivity index (χ2n) is 26.2. The molecule has 5 aliphatic carbocycles. The van der Waals surface area contributed by atoms with Crippen molar-refractivity contribution in [1.82, 2.24) is 5.32 Å². The molecular formula is C69H13NO5. The summed E-state index contributed by atoms with van der Waals surface area (Å²) in [5.74, 6) is -2.39. The molecule has 2 spiro atoms. The van der Waals surface area contributed by atoms with E-state index >= 15 is 4.79 Å². The molecule has 1 saturated carbocycles. The highest BCUT2D eigenvalue weighted by Gasteiger charge is 2.88. The molecule has 6 nitrogen and oxygen atoms in total. The van der Waals surface area contributed by atoms with Gasteiger partial charge in [-0.25, -0.2) is 9.59 Å². The Kier molecular flexibility index (Phi) is 2.69. The molecule has 28 aromatic carbocycles. The van der Waals surface area contributed by atoms with E-state index < -0.39 is 34.7 Å². The molecule has 6 heteroatoms. The topological polar surface area (TPSA) is 81.7 Å². The lowest BCUT2D eigenvalue weighted by molar-refractivity contribution is -0.159. The van der Waals surface area contributed by atoms with Crippen LogP contribution in [0.2, 0.25) is 0 Å². The first kappa shape index (κ1) is 29.5. The maximum atomic E-state index is 16.8. The number of carbonyl (C=O) groups is 3. The third-order valence-electron chi connectivity index (χ3n) is 25.8. The fourth-order valence-corrected chi connectivity index (χ4v) is 25.7. The Morgan fingerprint density at radius 1 is 0.293 bits per heavy atom. The average molecular weight is 936 g/mol. The second kappa shape index (κ2) is 6.83. The molecule has 0 aliphatic heterocycles. The third kappa shape index (κ3) is 1.64. The van der Waals surface area contributed by atoms with Crippen molar-refractivity contribution in [3.63, 3.8) is 0 Å². The van der Waals surface area contributed by atoms with Crippen molar-refractivity contribution in [2.75, 3.05) is 13.2 Å². The molecule has 0 aromatic heterocycles. The Labute approximate surface area is 408 Å². The fourth-order valence-electron chi connectivity index (χ4n) is 25.7. The van der Waals surface area contributed by atoms with Crippen LogP contribution in [-0.2, 0) is 34.7 Å². The highest BCUT2D eigenvalue weighted by atomic mass is 16.6. The Hall–Kier alpha value is -9.13. The Morgan fingerprint density at radius 2 is 0.440 bits per heavy atom. The van der Waals surface area contributed by atoms with Crippen LogP contribution in [0.3, 0.4) is 0 Å². The van der Waals surface area contributed by atoms with Gasteiger partial charge >= 0.3 is 11.9 Å². The molecular weight excluding hydrogens is 923 g/mol. The van der Waals surface area contributed by atoms with Crippen LogP contribution in [0.1, 0.15) is 36.1 Å². The van der Waals surface area contributed by atoms with Gasteiger partial charge < -0.3 is 14.8 Å². The van der Waals surface area contributed by atoms with Crippen molar-refractivity contribution in [2.24, 2.45) is 5.92 Å². The molecule has 1 N–H and O–H groups in total. The lowest BCUT2D eigenvalue weighted by atomic mass is 9.68. The summed E-state index contributed by atoms with van der Waals surface area (Å²) in [5, 5.41) is 84.3. The minimum absolute atomic E-state index is 0.0866. The summed E-state index contributed by atoms with van der Waals surface area (Å²) in [6.07, 6.45) is 0. The maximum absolute atomic E-state index is 16.8. The summed E-state index contributed by atoms with van der Waals surface area (Å²) in [6, 6.07) is -1.58. The number of nitrogens with one attached hydrogen (secondary N) is 1. The van der Waals surface area contributed by atoms with Gasteiger partial charge in [0.15, 0.2) is 0 Å². The van der Waals surface area contributed by atoms with Crippen LogP contribution in [0.15, 0.2) is 0 Å². The van der Waals surface area contributed by atoms with Gasteiger partial charge in [-0.3, -0.25) is 4.79 Å². The van der Waals surface area contributed by atoms with Gasteiger partial charge in [-0.15, -0.1) is 0 Å². The molecule has 1 fully saturated rings. The zero-order valence-electron chi connectivity index (χ0n) is 38.6. The second-order valence-corrected chi connectivity index (χ2v) is 26.2. The zero-order chi connectivity index (χ0) is 45.9. The van der Waals surface area contributed by atoms with Gasteiger partial charge in [0.05, 0.1) is 30.0 Å². The number of rotatable bonds is 6. The van der Waals surface area contributed by atoms with E-state index in [0.717, 1.165) is 0 Å². The smallest absolute Gasteiger partial charge is 0.340 e. The molecule has 0 atom stereocenters. The van der Waals surface area contributed by atoms with Crippen molar-refractivity contribution in [3.05, 3.63) is 22.3 Å². The molecule has 0 bridgehead atoms. The van der Waals surface area contributed by atoms with Crippen LogP contribution in [-0.4, -0.2) is 37.1 Å². The molecule has 33 rings (SSSR count). The van der Waals surface area contributed by atoms with Crippen LogP contribution < -0.4 is 5.32 Å². The molecule has 1 amide bonds. The first-order valence-electron chi connectivity index (χ1n) is 27.5. The van der Waals surface area contributed by atoms with E-state index in [2.05, 4.69) is 5.32 Å². The number of ether oxygens (including phenoxy) is 2. The van der Waals surface area contributed by atoms with Crippen molar-refractivity contribution < 1.29 is 23.9 Å². The summed E-state index contributed by atoms with van der Waals surface area (Å²) in [6.45, 7) is 3.67. The summed E-state index contributed by atoms with van der Waals surface area (Å²) in [5.41, 5.74) is 4.03. The number of benzene rings is 18. The van der Waals surface area contributed by atoms with E-state index in [4.69, 9.17) is 9.47 Å². The Bertz CT molecular complexity index is 6870. The van der Waals surface area contributed by atoms with Gasteiger partial charge in [0.25, 0.3) is 0 Å². The van der Waals surface area contributed by atoms with Gasteiger partial charge in [-0.1, -0.05) is 0 Å². The standard InChI is InChI=1S/C69H13NO5/c1-3-74-66(72)63(67(73)75-4-2)70-65(71)64-68-59-51-43-33-23-15-7-5-6-9-13-11(7)19-27-21(13)31-25-17(9)18-10(6)14-12-8(5)16(15)24-30-20(12)28-22(14)32-26(18)36-35(25)45-39(31)49-41(27)47(37(43)29(19)23)55(59)57(49)61-53(45)54-46(36)40(32)50-42(28)48-38(30)44(34(24)33)52(51)60(68)56(48)58(50)62(54)69(61,64)68/h63-64H,3-4H2,1-2H3,(H,70,71). The van der Waals surface area contributed by atoms with Crippen LogP contribution >= 0.6 is 0 Å². The molecule has 0 radical (unpaired) electrons. The Balaban J connectivity index is 1.04. The molecule has 75 heavy (non-hydrogen) atoms. The minimum atomic E-state index is -1.58. The predicted octanol–water partition coefficient (Wildman–Crippen LogP) is 15.5. The van der Waals surface area contributed by atoms with Crippen molar-refractivity contribution >= 4 is 309 Å². The van der Waals surface area contributed by atoms with E-state index in [1.807, 2.05) is 0 Å². The van der Waals surface area contributed by atoms with Crippen LogP contribution in [0.4, 0.5) is 0 Å². The third-order valence-corrected chi connectivity index (χ3v) is 25.8. The van der Waals surface area contributed by atoms with Crippen LogP contribution in [0, 0.1) is 5.92 Å². The largest absolute Gasteiger partial charge is 0.464 e. The fraction of sp³-hybridized carbons (Fsp3) is 0.116. The summed E-state index contributed by atoms with van der Waals surface area (Å²) < 4.78 is 11.3. The lowest BCUT2D eigenvalue weighted by Gasteiger charge is -2.32. The number of hydrogen-bond donors (Lipinski definition) is 1. The highest BCUT2D eigenvalue weighted by Crippen LogP contribution is 2.92. The molecule has 0 unspecified atom stereocenters. The number of amides is 1. The monoisotopic (exact) mass is 935 g/mol. The van der Waals surface area contributed by atoms with Crippen LogP contribution in [0.25, 0.3) is 291 Å². The van der Waals surface area contributed by atoms with Crippen molar-refractivity contribution in [1.29, 1.82) is 0 Å². The summed E-state index contributed by atoms with van der Waals surface area (Å²) in [4.78, 5) is 45.0. The van der Waals surface area contributed by atoms with E-state index in [9.17, 15) is 9.59 Å². The molecule has 324 valence electrons. The highest BCUT2D eigenvalue weighted by molar-refractivity contribution is 6.82. The summed E-state index contributed by atoms with van der Waals surface area (Å²) in [7, 11) is 0. The normalized spacial score (nSPS) is 22.4. The van der Waals surface area contributed by atoms with Crippen molar-refractivity contribution in [2.45, 2.75) is 30.7 Å². The van der Waals surface area contributed by atoms with Gasteiger partial charge in [-0.05, 0) is 327 Å². The number of hydrogen-bond acceptors (Lipinski definition) is 5. The van der Waals surface area contributed by atoms with Crippen LogP contribution in [0.5, 0.6) is 0 Å². The molecule has 0 heterocycles. The van der Waals surface area contributed by atoms with Gasteiger partial charge in [0, 0.05) is 0 Å². The van der Waals surface area contributed by atoms with E-state index in [0.29, 0.717) is 0 Å². The summed E-state index contributed by atoms with van der Waals surface area (Å²) >= 11 is 0. The average Bonchev–Trinajstić information content (AvgIpc) is 3.78. The molecule has 0 saturated heterocycles. The minimum Gasteiger partial charge on any atom is -0.464 e. The first-order valence-corrected chi connectivity index (χ1v) is 27.5. The SMILES string of the molecule is CCOC(=O)C(NC(=O)C1C23c4c5c6c7c8c9c(c%10c%11c2c2c4c4c%12c5c5c6c6c8c8c%13c9c9c%10c%10c%11c%11c2c2c4c4c%12c%12c5c5c6c8c6c8c%13c9c9c%10c%10c%11c2c2c4c4c%12c5c6c5c8c9c%10c2c45)C713)C(=O)OCC. The number of carbonyl (C=O) groups excluding carboxylic acids is 3. The van der Waals surface area contributed by atoms with Gasteiger partial charge in [0.2, 0.25) is 11.9 Å². The lowest BCUT2D eigenvalue weighted by Crippen LogP contribution is -2.49. The van der Waals surface area contributed by atoms with E-state index in [-0.39, 0.29) is 19.1 Å². The van der Waals surface area contributed by atoms with Gasteiger partial charge in [0.1, 0.15) is 0 Å². The molecule has 5 aliphatic rings. The predicted molar refractivity (Wildman–Crippen MR) is 303 cm³/mol. The first-order chi connectivity index (χ1) is 37.1. The maximum Gasteiger partial charge on any atom is 0.340 e. The quantitative estimate of drug-likeness (QED) is 0.102. The van der Waals surface area contributed by atoms with E-state index in [1.54, 1.807) is 111 Å². The van der Waals surface area contributed by atoms with E-state index in [1.165, 1.54) is 216 Å². The Morgan fingerprint density at radius 3 is 0.587 bits per heavy atom.